The predicted octanol–water partition coefficient (Wildman–Crippen LogP) is 2.90. The molecule has 2 aromatic rings. The first-order valence-electron chi connectivity index (χ1n) is 11.0. The van der Waals surface area contributed by atoms with Gasteiger partial charge in [-0.1, -0.05) is 29.8 Å². The van der Waals surface area contributed by atoms with Crippen LogP contribution in [0, 0.1) is 10.1 Å². The van der Waals surface area contributed by atoms with Crippen LogP contribution in [0.3, 0.4) is 0 Å². The second-order valence-electron chi connectivity index (χ2n) is 8.34. The van der Waals surface area contributed by atoms with Crippen molar-refractivity contribution in [3.8, 4) is 0 Å². The smallest absolute Gasteiger partial charge is 0.293 e. The summed E-state index contributed by atoms with van der Waals surface area (Å²) < 4.78 is 0. The van der Waals surface area contributed by atoms with Crippen LogP contribution in [-0.2, 0) is 11.3 Å². The third kappa shape index (κ3) is 6.00. The molecule has 2 aromatic carbocycles. The number of nitro groups is 1. The molecular weight excluding hydrogens is 446 g/mol. The van der Waals surface area contributed by atoms with Gasteiger partial charge in [0.2, 0.25) is 5.91 Å². The number of carbonyl (C=O) groups is 2. The standard InChI is InChI=1S/C23H26ClN5O4/c24-19-4-2-1-3-17(19)14-25-20-8-5-16(13-21(20)29(32)33)23(31)28-11-9-27(10-12-28)15-22(30)26-18-6-7-18/h1-5,8,13,18,25H,6-7,9-12,14-15H2,(H,26,30). The van der Waals surface area contributed by atoms with Crippen molar-refractivity contribution in [3.63, 3.8) is 0 Å². The number of nitrogens with one attached hydrogen (secondary N) is 2. The number of piperazine rings is 1. The topological polar surface area (TPSA) is 108 Å². The van der Waals surface area contributed by atoms with Gasteiger partial charge in [0.05, 0.1) is 11.5 Å². The van der Waals surface area contributed by atoms with E-state index in [9.17, 15) is 19.7 Å². The Bertz CT molecular complexity index is 1050. The Morgan fingerprint density at radius 3 is 2.48 bits per heavy atom. The van der Waals surface area contributed by atoms with Crippen LogP contribution in [0.15, 0.2) is 42.5 Å². The van der Waals surface area contributed by atoms with Crippen molar-refractivity contribution >= 4 is 34.8 Å². The van der Waals surface area contributed by atoms with Crippen LogP contribution >= 0.6 is 11.6 Å². The Morgan fingerprint density at radius 2 is 1.82 bits per heavy atom. The summed E-state index contributed by atoms with van der Waals surface area (Å²) in [6.45, 7) is 2.76. The van der Waals surface area contributed by atoms with Crippen molar-refractivity contribution in [2.45, 2.75) is 25.4 Å². The zero-order chi connectivity index (χ0) is 23.4. The molecule has 0 unspecified atom stereocenters. The van der Waals surface area contributed by atoms with Crippen LogP contribution in [0.5, 0.6) is 0 Å². The highest BCUT2D eigenvalue weighted by Crippen LogP contribution is 2.28. The zero-order valence-electron chi connectivity index (χ0n) is 18.1. The van der Waals surface area contributed by atoms with Gasteiger partial charge in [0.15, 0.2) is 0 Å². The van der Waals surface area contributed by atoms with Crippen molar-refractivity contribution in [1.82, 2.24) is 15.1 Å². The van der Waals surface area contributed by atoms with Crippen LogP contribution in [-0.4, -0.2) is 65.3 Å². The lowest BCUT2D eigenvalue weighted by atomic mass is 10.1. The van der Waals surface area contributed by atoms with Gasteiger partial charge in [-0.05, 0) is 36.6 Å². The van der Waals surface area contributed by atoms with E-state index in [-0.39, 0.29) is 23.1 Å². The predicted molar refractivity (Wildman–Crippen MR) is 125 cm³/mol. The van der Waals surface area contributed by atoms with E-state index in [1.165, 1.54) is 6.07 Å². The van der Waals surface area contributed by atoms with Gasteiger partial charge in [-0.2, -0.15) is 0 Å². The van der Waals surface area contributed by atoms with Gasteiger partial charge < -0.3 is 15.5 Å². The second-order valence-corrected chi connectivity index (χ2v) is 8.75. The fourth-order valence-corrected chi connectivity index (χ4v) is 4.00. The van der Waals surface area contributed by atoms with E-state index in [0.29, 0.717) is 56.0 Å². The van der Waals surface area contributed by atoms with E-state index < -0.39 is 4.92 Å². The molecule has 0 bridgehead atoms. The minimum atomic E-state index is -0.498. The van der Waals surface area contributed by atoms with E-state index in [1.54, 1.807) is 23.1 Å². The molecule has 0 aromatic heterocycles. The Kier molecular flexibility index (Phi) is 7.10. The summed E-state index contributed by atoms with van der Waals surface area (Å²) in [5.74, 6) is -0.231. The molecule has 174 valence electrons. The lowest BCUT2D eigenvalue weighted by Gasteiger charge is -2.34. The summed E-state index contributed by atoms with van der Waals surface area (Å²) in [7, 11) is 0. The maximum atomic E-state index is 13.0. The van der Waals surface area contributed by atoms with Gasteiger partial charge in [0, 0.05) is 55.4 Å². The first-order valence-corrected chi connectivity index (χ1v) is 11.3. The maximum Gasteiger partial charge on any atom is 0.293 e. The average molecular weight is 472 g/mol. The molecule has 1 aliphatic carbocycles. The Morgan fingerprint density at radius 1 is 1.09 bits per heavy atom. The number of hydrogen-bond acceptors (Lipinski definition) is 6. The molecule has 1 heterocycles. The highest BCUT2D eigenvalue weighted by molar-refractivity contribution is 6.31. The van der Waals surface area contributed by atoms with Crippen LogP contribution in [0.4, 0.5) is 11.4 Å². The Balaban J connectivity index is 1.36. The molecule has 2 amide bonds. The summed E-state index contributed by atoms with van der Waals surface area (Å²) in [4.78, 5) is 39.8. The number of carbonyl (C=O) groups excluding carboxylic acids is 2. The third-order valence-electron chi connectivity index (χ3n) is 5.84. The molecule has 2 N–H and O–H groups in total. The summed E-state index contributed by atoms with van der Waals surface area (Å²) in [6.07, 6.45) is 2.10. The molecule has 1 saturated heterocycles. The zero-order valence-corrected chi connectivity index (χ0v) is 18.9. The molecule has 1 aliphatic heterocycles. The normalized spacial score (nSPS) is 16.3. The number of benzene rings is 2. The van der Waals surface area contributed by atoms with Crippen LogP contribution in [0.1, 0.15) is 28.8 Å². The van der Waals surface area contributed by atoms with E-state index in [0.717, 1.165) is 18.4 Å². The average Bonchev–Trinajstić information content (AvgIpc) is 3.62. The van der Waals surface area contributed by atoms with Crippen molar-refractivity contribution in [2.24, 2.45) is 0 Å². The summed E-state index contributed by atoms with van der Waals surface area (Å²) in [5.41, 5.74) is 1.24. The summed E-state index contributed by atoms with van der Waals surface area (Å²) in [6, 6.07) is 12.1. The molecule has 2 aliphatic rings. The minimum Gasteiger partial charge on any atom is -0.375 e. The molecule has 0 atom stereocenters. The number of hydrogen-bond donors (Lipinski definition) is 2. The van der Waals surface area contributed by atoms with Gasteiger partial charge in [0.25, 0.3) is 11.6 Å². The van der Waals surface area contributed by atoms with Gasteiger partial charge in [-0.3, -0.25) is 24.6 Å². The second kappa shape index (κ2) is 10.2. The van der Waals surface area contributed by atoms with Crippen molar-refractivity contribution in [3.05, 3.63) is 68.7 Å². The van der Waals surface area contributed by atoms with Crippen LogP contribution < -0.4 is 10.6 Å². The van der Waals surface area contributed by atoms with E-state index in [2.05, 4.69) is 10.6 Å². The molecule has 0 radical (unpaired) electrons. The molecule has 10 heteroatoms. The fraction of sp³-hybridized carbons (Fsp3) is 0.391. The van der Waals surface area contributed by atoms with Gasteiger partial charge in [-0.15, -0.1) is 0 Å². The van der Waals surface area contributed by atoms with E-state index in [4.69, 9.17) is 11.6 Å². The molecule has 2 fully saturated rings. The van der Waals surface area contributed by atoms with Gasteiger partial charge >= 0.3 is 0 Å². The van der Waals surface area contributed by atoms with Gasteiger partial charge in [0.1, 0.15) is 5.69 Å². The SMILES string of the molecule is O=C(CN1CCN(C(=O)c2ccc(NCc3ccccc3Cl)c([N+](=O)[O-])c2)CC1)NC1CC1. The van der Waals surface area contributed by atoms with Crippen molar-refractivity contribution in [2.75, 3.05) is 38.0 Å². The quantitative estimate of drug-likeness (QED) is 0.452. The van der Waals surface area contributed by atoms with E-state index in [1.807, 2.05) is 23.1 Å². The van der Waals surface area contributed by atoms with Gasteiger partial charge in [-0.25, -0.2) is 0 Å². The third-order valence-corrected chi connectivity index (χ3v) is 6.21. The molecule has 33 heavy (non-hydrogen) atoms. The Hall–Kier alpha value is -3.17. The molecule has 1 saturated carbocycles. The lowest BCUT2D eigenvalue weighted by molar-refractivity contribution is -0.384. The largest absolute Gasteiger partial charge is 0.375 e. The number of rotatable bonds is 8. The summed E-state index contributed by atoms with van der Waals surface area (Å²) >= 11 is 6.16. The number of amides is 2. The maximum absolute atomic E-state index is 13.0. The molecule has 9 nitrogen and oxygen atoms in total. The number of nitrogens with zero attached hydrogens (tertiary/aromatic N) is 3. The number of anilines is 1. The molecular formula is C23H26ClN5O4. The number of nitro benzene ring substituents is 1. The first-order chi connectivity index (χ1) is 15.9. The Labute approximate surface area is 196 Å². The monoisotopic (exact) mass is 471 g/mol. The molecule has 4 rings (SSSR count). The highest BCUT2D eigenvalue weighted by atomic mass is 35.5. The minimum absolute atomic E-state index is 0.0211. The number of halogens is 1. The lowest BCUT2D eigenvalue weighted by Crippen LogP contribution is -2.51. The van der Waals surface area contributed by atoms with Crippen LogP contribution in [0.25, 0.3) is 0 Å². The van der Waals surface area contributed by atoms with Crippen LogP contribution in [0.2, 0.25) is 5.02 Å². The first kappa shape index (κ1) is 23.0. The van der Waals surface area contributed by atoms with E-state index >= 15 is 0 Å². The summed E-state index contributed by atoms with van der Waals surface area (Å²) in [5, 5.41) is 18.2. The van der Waals surface area contributed by atoms with Crippen molar-refractivity contribution < 1.29 is 14.5 Å². The highest BCUT2D eigenvalue weighted by Gasteiger charge is 2.27. The molecule has 0 spiro atoms. The van der Waals surface area contributed by atoms with Crippen molar-refractivity contribution in [1.29, 1.82) is 0 Å². The fourth-order valence-electron chi connectivity index (χ4n) is 3.79.